The Morgan fingerprint density at radius 3 is 2.71 bits per heavy atom. The standard InChI is InChI=1S/C18H16FN3OS/c1-12-16(17(23)21-11-9-15-4-2-3-10-20-15)24-18(22-12)13-5-7-14(19)8-6-13/h2-8,10H,9,11H2,1H3,(H,21,23). The molecule has 3 rings (SSSR count). The van der Waals surface area contributed by atoms with E-state index in [1.54, 1.807) is 25.3 Å². The lowest BCUT2D eigenvalue weighted by molar-refractivity contribution is 0.0957. The van der Waals surface area contributed by atoms with Crippen LogP contribution in [0.3, 0.4) is 0 Å². The van der Waals surface area contributed by atoms with Gasteiger partial charge in [-0.25, -0.2) is 9.37 Å². The number of aryl methyl sites for hydroxylation is 1. The number of hydrogen-bond acceptors (Lipinski definition) is 4. The Labute approximate surface area is 143 Å². The van der Waals surface area contributed by atoms with Crippen LogP contribution >= 0.6 is 11.3 Å². The van der Waals surface area contributed by atoms with Crippen LogP contribution in [-0.4, -0.2) is 22.4 Å². The molecule has 122 valence electrons. The zero-order valence-electron chi connectivity index (χ0n) is 13.1. The molecule has 0 spiro atoms. The highest BCUT2D eigenvalue weighted by molar-refractivity contribution is 7.17. The molecular weight excluding hydrogens is 325 g/mol. The fourth-order valence-electron chi connectivity index (χ4n) is 2.25. The van der Waals surface area contributed by atoms with E-state index in [1.807, 2.05) is 18.2 Å². The molecule has 2 heterocycles. The van der Waals surface area contributed by atoms with E-state index >= 15 is 0 Å². The molecule has 2 aromatic heterocycles. The van der Waals surface area contributed by atoms with Gasteiger partial charge in [0.2, 0.25) is 0 Å². The molecule has 0 bridgehead atoms. The fraction of sp³-hybridized carbons (Fsp3) is 0.167. The Bertz CT molecular complexity index is 831. The summed E-state index contributed by atoms with van der Waals surface area (Å²) < 4.78 is 13.0. The van der Waals surface area contributed by atoms with Crippen LogP contribution in [-0.2, 0) is 6.42 Å². The minimum Gasteiger partial charge on any atom is -0.351 e. The van der Waals surface area contributed by atoms with Crippen LogP contribution in [0.2, 0.25) is 0 Å². The van der Waals surface area contributed by atoms with Crippen molar-refractivity contribution < 1.29 is 9.18 Å². The van der Waals surface area contributed by atoms with Crippen LogP contribution in [0.5, 0.6) is 0 Å². The highest BCUT2D eigenvalue weighted by Gasteiger charge is 2.16. The molecule has 6 heteroatoms. The molecule has 0 aliphatic heterocycles. The van der Waals surface area contributed by atoms with E-state index in [2.05, 4.69) is 15.3 Å². The van der Waals surface area contributed by atoms with Crippen LogP contribution in [0.15, 0.2) is 48.7 Å². The minimum absolute atomic E-state index is 0.144. The number of benzene rings is 1. The lowest BCUT2D eigenvalue weighted by Crippen LogP contribution is -2.25. The summed E-state index contributed by atoms with van der Waals surface area (Å²) in [7, 11) is 0. The van der Waals surface area contributed by atoms with Crippen molar-refractivity contribution in [2.24, 2.45) is 0 Å². The van der Waals surface area contributed by atoms with E-state index in [1.165, 1.54) is 23.5 Å². The fourth-order valence-corrected chi connectivity index (χ4v) is 3.24. The van der Waals surface area contributed by atoms with Crippen molar-refractivity contribution in [1.29, 1.82) is 0 Å². The molecule has 0 aliphatic carbocycles. The molecule has 0 radical (unpaired) electrons. The normalized spacial score (nSPS) is 10.6. The van der Waals surface area contributed by atoms with Crippen molar-refractivity contribution >= 4 is 17.2 Å². The van der Waals surface area contributed by atoms with E-state index in [4.69, 9.17) is 0 Å². The summed E-state index contributed by atoms with van der Waals surface area (Å²) in [4.78, 5) is 21.6. The zero-order chi connectivity index (χ0) is 16.9. The molecule has 3 aromatic rings. The topological polar surface area (TPSA) is 54.9 Å². The molecule has 0 saturated heterocycles. The highest BCUT2D eigenvalue weighted by atomic mass is 32.1. The number of nitrogens with zero attached hydrogens (tertiary/aromatic N) is 2. The second-order valence-electron chi connectivity index (χ2n) is 5.27. The maximum absolute atomic E-state index is 13.0. The summed E-state index contributed by atoms with van der Waals surface area (Å²) in [5.74, 6) is -0.436. The molecule has 1 aromatic carbocycles. The van der Waals surface area contributed by atoms with Crippen LogP contribution < -0.4 is 5.32 Å². The second kappa shape index (κ2) is 7.31. The Morgan fingerprint density at radius 1 is 1.21 bits per heavy atom. The summed E-state index contributed by atoms with van der Waals surface area (Å²) in [6.45, 7) is 2.32. The van der Waals surface area contributed by atoms with Gasteiger partial charge in [-0.05, 0) is 43.3 Å². The van der Waals surface area contributed by atoms with Crippen molar-refractivity contribution in [3.63, 3.8) is 0 Å². The number of aromatic nitrogens is 2. The van der Waals surface area contributed by atoms with Gasteiger partial charge in [-0.1, -0.05) is 6.07 Å². The van der Waals surface area contributed by atoms with Crippen LogP contribution in [0.25, 0.3) is 10.6 Å². The smallest absolute Gasteiger partial charge is 0.263 e. The predicted molar refractivity (Wildman–Crippen MR) is 92.5 cm³/mol. The number of carbonyl (C=O) groups excluding carboxylic acids is 1. The number of hydrogen-bond donors (Lipinski definition) is 1. The van der Waals surface area contributed by atoms with Gasteiger partial charge in [0.05, 0.1) is 5.69 Å². The maximum atomic E-state index is 13.0. The monoisotopic (exact) mass is 341 g/mol. The first-order valence-corrected chi connectivity index (χ1v) is 8.36. The first-order chi connectivity index (χ1) is 11.6. The van der Waals surface area contributed by atoms with Gasteiger partial charge < -0.3 is 5.32 Å². The first-order valence-electron chi connectivity index (χ1n) is 7.55. The zero-order valence-corrected chi connectivity index (χ0v) is 13.9. The number of pyridine rings is 1. The van der Waals surface area contributed by atoms with Gasteiger partial charge in [-0.15, -0.1) is 11.3 Å². The molecule has 0 fully saturated rings. The van der Waals surface area contributed by atoms with Crippen LogP contribution in [0.4, 0.5) is 4.39 Å². The van der Waals surface area contributed by atoms with Gasteiger partial charge in [-0.2, -0.15) is 0 Å². The molecule has 4 nitrogen and oxygen atoms in total. The lowest BCUT2D eigenvalue weighted by Gasteiger charge is -2.03. The number of nitrogens with one attached hydrogen (secondary N) is 1. The number of halogens is 1. The molecule has 0 aliphatic rings. The van der Waals surface area contributed by atoms with Crippen LogP contribution in [0, 0.1) is 12.7 Å². The molecular formula is C18H16FN3OS. The third-order valence-corrected chi connectivity index (χ3v) is 4.69. The van der Waals surface area contributed by atoms with Crippen LogP contribution in [0.1, 0.15) is 21.1 Å². The van der Waals surface area contributed by atoms with E-state index in [-0.39, 0.29) is 11.7 Å². The van der Waals surface area contributed by atoms with Crippen molar-refractivity contribution in [1.82, 2.24) is 15.3 Å². The maximum Gasteiger partial charge on any atom is 0.263 e. The SMILES string of the molecule is Cc1nc(-c2ccc(F)cc2)sc1C(=O)NCCc1ccccn1. The molecule has 0 unspecified atom stereocenters. The summed E-state index contributed by atoms with van der Waals surface area (Å²) in [6.07, 6.45) is 2.41. The lowest BCUT2D eigenvalue weighted by atomic mass is 10.2. The van der Waals surface area contributed by atoms with Gasteiger partial charge in [0.15, 0.2) is 0 Å². The second-order valence-corrected chi connectivity index (χ2v) is 6.27. The minimum atomic E-state index is -0.292. The van der Waals surface area contributed by atoms with Gasteiger partial charge in [0.25, 0.3) is 5.91 Å². The molecule has 0 atom stereocenters. The van der Waals surface area contributed by atoms with Crippen molar-refractivity contribution in [3.8, 4) is 10.6 Å². The van der Waals surface area contributed by atoms with Gasteiger partial charge in [-0.3, -0.25) is 9.78 Å². The number of rotatable bonds is 5. The molecule has 24 heavy (non-hydrogen) atoms. The average molecular weight is 341 g/mol. The summed E-state index contributed by atoms with van der Waals surface area (Å²) >= 11 is 1.31. The first kappa shape index (κ1) is 16.3. The van der Waals surface area contributed by atoms with Gasteiger partial charge in [0.1, 0.15) is 15.7 Å². The summed E-state index contributed by atoms with van der Waals surface area (Å²) in [5.41, 5.74) is 2.41. The largest absolute Gasteiger partial charge is 0.351 e. The Balaban J connectivity index is 1.66. The third kappa shape index (κ3) is 3.83. The van der Waals surface area contributed by atoms with Crippen molar-refractivity contribution in [2.75, 3.05) is 6.54 Å². The molecule has 1 amide bonds. The predicted octanol–water partition coefficient (Wildman–Crippen LogP) is 3.63. The molecule has 1 N–H and O–H groups in total. The van der Waals surface area contributed by atoms with Crippen molar-refractivity contribution in [3.05, 3.63) is 70.7 Å². The Morgan fingerprint density at radius 2 is 2.00 bits per heavy atom. The quantitative estimate of drug-likeness (QED) is 0.771. The van der Waals surface area contributed by atoms with Gasteiger partial charge >= 0.3 is 0 Å². The van der Waals surface area contributed by atoms with E-state index in [0.717, 1.165) is 11.3 Å². The van der Waals surface area contributed by atoms with E-state index in [0.29, 0.717) is 28.5 Å². The summed E-state index contributed by atoms with van der Waals surface area (Å²) in [6, 6.07) is 11.8. The Hall–Kier alpha value is -2.60. The van der Waals surface area contributed by atoms with E-state index < -0.39 is 0 Å². The molecule has 0 saturated carbocycles. The van der Waals surface area contributed by atoms with E-state index in [9.17, 15) is 9.18 Å². The average Bonchev–Trinajstić information content (AvgIpc) is 2.98. The van der Waals surface area contributed by atoms with Gasteiger partial charge in [0, 0.05) is 30.4 Å². The van der Waals surface area contributed by atoms with Crippen molar-refractivity contribution in [2.45, 2.75) is 13.3 Å². The summed E-state index contributed by atoms with van der Waals surface area (Å²) in [5, 5.41) is 3.60. The highest BCUT2D eigenvalue weighted by Crippen LogP contribution is 2.27. The third-order valence-electron chi connectivity index (χ3n) is 3.49. The Kier molecular flexibility index (Phi) is 4.96. The number of thiazole rings is 1. The number of carbonyl (C=O) groups is 1. The number of amides is 1.